The molecule has 2 N–H and O–H groups in total. The largest absolute Gasteiger partial charge is 0.428 e. The first kappa shape index (κ1) is 19.4. The maximum absolute atomic E-state index is 12.3. The minimum Gasteiger partial charge on any atom is -0.428 e. The number of methoxy groups -OCH3 is 1. The Bertz CT molecular complexity index is 904. The summed E-state index contributed by atoms with van der Waals surface area (Å²) in [5.74, 6) is 0.543. The van der Waals surface area contributed by atoms with Crippen LogP contribution in [0.1, 0.15) is 12.7 Å². The topological polar surface area (TPSA) is 128 Å². The van der Waals surface area contributed by atoms with E-state index in [0.717, 1.165) is 0 Å². The molecule has 0 radical (unpaired) electrons. The summed E-state index contributed by atoms with van der Waals surface area (Å²) in [5, 5.41) is 0. The molecule has 1 aromatic carbocycles. The average Bonchev–Trinajstić information content (AvgIpc) is 3.02. The Morgan fingerprint density at radius 3 is 2.20 bits per heavy atom. The van der Waals surface area contributed by atoms with Crippen LogP contribution in [-0.2, 0) is 31.2 Å². The zero-order valence-electron chi connectivity index (χ0n) is 13.7. The Morgan fingerprint density at radius 1 is 1.08 bits per heavy atom. The van der Waals surface area contributed by atoms with Crippen LogP contribution >= 0.6 is 0 Å². The van der Waals surface area contributed by atoms with Gasteiger partial charge in [0.05, 0.1) is 22.6 Å². The van der Waals surface area contributed by atoms with Crippen molar-refractivity contribution in [2.45, 2.75) is 23.1 Å². The molecule has 0 atom stereocenters. The van der Waals surface area contributed by atoms with E-state index in [0.29, 0.717) is 12.2 Å². The number of nitrogens with zero attached hydrogens (tertiary/aromatic N) is 1. The second kappa shape index (κ2) is 7.95. The van der Waals surface area contributed by atoms with Gasteiger partial charge in [0.1, 0.15) is 5.76 Å². The Morgan fingerprint density at radius 2 is 1.68 bits per heavy atom. The molecule has 0 aliphatic rings. The summed E-state index contributed by atoms with van der Waals surface area (Å²) < 4.78 is 63.2. The summed E-state index contributed by atoms with van der Waals surface area (Å²) in [6.07, 6.45) is 2.01. The van der Waals surface area contributed by atoms with Crippen LogP contribution in [0.3, 0.4) is 0 Å². The Kier molecular flexibility index (Phi) is 6.16. The van der Waals surface area contributed by atoms with Crippen molar-refractivity contribution in [1.82, 2.24) is 9.71 Å². The summed E-state index contributed by atoms with van der Waals surface area (Å²) >= 11 is 0. The minimum absolute atomic E-state index is 0.0491. The number of oxazole rings is 1. The maximum atomic E-state index is 12.3. The molecule has 2 aromatic rings. The molecule has 2 rings (SSSR count). The summed E-state index contributed by atoms with van der Waals surface area (Å²) in [6.45, 7) is 2.19. The van der Waals surface area contributed by atoms with Gasteiger partial charge in [0.25, 0.3) is 10.0 Å². The van der Waals surface area contributed by atoms with Gasteiger partial charge < -0.3 is 9.15 Å². The molecule has 0 spiro atoms. The van der Waals surface area contributed by atoms with Crippen LogP contribution in [-0.4, -0.2) is 42.1 Å². The molecular weight excluding hydrogens is 370 g/mol. The SMILES string of the molecule is CCc1cnc(NS(=O)(=O)c2ccc(S(=O)(=O)NCCOC)cc2)o1. The molecule has 1 aromatic heterocycles. The number of aryl methyl sites for hydroxylation is 1. The Labute approximate surface area is 146 Å². The normalized spacial score (nSPS) is 12.2. The highest BCUT2D eigenvalue weighted by Gasteiger charge is 2.19. The molecule has 0 amide bonds. The van der Waals surface area contributed by atoms with Crippen molar-refractivity contribution in [2.24, 2.45) is 0 Å². The first-order valence-corrected chi connectivity index (χ1v) is 10.3. The van der Waals surface area contributed by atoms with Crippen LogP contribution in [0, 0.1) is 0 Å². The van der Waals surface area contributed by atoms with E-state index in [1.807, 2.05) is 6.92 Å². The van der Waals surface area contributed by atoms with Gasteiger partial charge in [-0.3, -0.25) is 0 Å². The standard InChI is InChI=1S/C14H19N3O6S2/c1-3-11-10-15-14(23-11)17-25(20,21)13-6-4-12(5-7-13)24(18,19)16-8-9-22-2/h4-7,10,16H,3,8-9H2,1-2H3,(H,15,17). The third kappa shape index (κ3) is 5.01. The van der Waals surface area contributed by atoms with Crippen LogP contribution in [0.15, 0.2) is 44.7 Å². The zero-order chi connectivity index (χ0) is 18.5. The van der Waals surface area contributed by atoms with Crippen molar-refractivity contribution >= 4 is 26.1 Å². The van der Waals surface area contributed by atoms with E-state index in [1.54, 1.807) is 0 Å². The summed E-state index contributed by atoms with van der Waals surface area (Å²) in [7, 11) is -6.21. The van der Waals surface area contributed by atoms with Crippen molar-refractivity contribution in [3.8, 4) is 0 Å². The Balaban J connectivity index is 2.15. The van der Waals surface area contributed by atoms with Gasteiger partial charge in [-0.2, -0.15) is 0 Å². The summed E-state index contributed by atoms with van der Waals surface area (Å²) in [6, 6.07) is 4.65. The van der Waals surface area contributed by atoms with E-state index < -0.39 is 20.0 Å². The molecule has 0 saturated carbocycles. The predicted molar refractivity (Wildman–Crippen MR) is 90.2 cm³/mol. The number of hydrogen-bond donors (Lipinski definition) is 2. The second-order valence-electron chi connectivity index (χ2n) is 4.95. The molecule has 25 heavy (non-hydrogen) atoms. The highest BCUT2D eigenvalue weighted by atomic mass is 32.2. The lowest BCUT2D eigenvalue weighted by Crippen LogP contribution is -2.27. The number of benzene rings is 1. The lowest BCUT2D eigenvalue weighted by Gasteiger charge is -2.08. The lowest BCUT2D eigenvalue weighted by molar-refractivity contribution is 0.204. The minimum atomic E-state index is -3.93. The van der Waals surface area contributed by atoms with Crippen LogP contribution in [0.5, 0.6) is 0 Å². The molecule has 0 fully saturated rings. The third-order valence-electron chi connectivity index (χ3n) is 3.17. The van der Waals surface area contributed by atoms with Crippen LogP contribution in [0.2, 0.25) is 0 Å². The first-order chi connectivity index (χ1) is 11.8. The van der Waals surface area contributed by atoms with E-state index in [4.69, 9.17) is 9.15 Å². The summed E-state index contributed by atoms with van der Waals surface area (Å²) in [5.41, 5.74) is 0. The van der Waals surface area contributed by atoms with Crippen LogP contribution < -0.4 is 9.44 Å². The number of rotatable bonds is 9. The number of hydrogen-bond acceptors (Lipinski definition) is 7. The van der Waals surface area contributed by atoms with Gasteiger partial charge in [-0.1, -0.05) is 6.92 Å². The van der Waals surface area contributed by atoms with Gasteiger partial charge in [0.2, 0.25) is 10.0 Å². The van der Waals surface area contributed by atoms with Gasteiger partial charge >= 0.3 is 6.01 Å². The van der Waals surface area contributed by atoms with Crippen LogP contribution in [0.4, 0.5) is 6.01 Å². The summed E-state index contributed by atoms with van der Waals surface area (Å²) in [4.78, 5) is 3.66. The van der Waals surface area contributed by atoms with Crippen molar-refractivity contribution in [3.63, 3.8) is 0 Å². The van der Waals surface area contributed by atoms with E-state index in [9.17, 15) is 16.8 Å². The molecule has 0 saturated heterocycles. The lowest BCUT2D eigenvalue weighted by atomic mass is 10.4. The molecule has 11 heteroatoms. The number of sulfonamides is 2. The molecular formula is C14H19N3O6S2. The van der Waals surface area contributed by atoms with Crippen LogP contribution in [0.25, 0.3) is 0 Å². The van der Waals surface area contributed by atoms with E-state index in [1.165, 1.54) is 37.6 Å². The fraction of sp³-hybridized carbons (Fsp3) is 0.357. The highest BCUT2D eigenvalue weighted by molar-refractivity contribution is 7.92. The van der Waals surface area contributed by atoms with Crippen molar-refractivity contribution in [1.29, 1.82) is 0 Å². The quantitative estimate of drug-likeness (QED) is 0.611. The van der Waals surface area contributed by atoms with Gasteiger partial charge in [-0.25, -0.2) is 31.3 Å². The van der Waals surface area contributed by atoms with Gasteiger partial charge in [0.15, 0.2) is 0 Å². The van der Waals surface area contributed by atoms with E-state index in [-0.39, 0.29) is 29.0 Å². The maximum Gasteiger partial charge on any atom is 0.309 e. The van der Waals surface area contributed by atoms with Gasteiger partial charge in [0, 0.05) is 20.1 Å². The second-order valence-corrected chi connectivity index (χ2v) is 8.40. The number of nitrogens with one attached hydrogen (secondary N) is 2. The van der Waals surface area contributed by atoms with E-state index in [2.05, 4.69) is 14.4 Å². The first-order valence-electron chi connectivity index (χ1n) is 7.34. The van der Waals surface area contributed by atoms with Gasteiger partial charge in [-0.05, 0) is 24.3 Å². The Hall–Kier alpha value is -1.95. The van der Waals surface area contributed by atoms with Crippen molar-refractivity contribution in [2.75, 3.05) is 25.0 Å². The smallest absolute Gasteiger partial charge is 0.309 e. The molecule has 0 unspecified atom stereocenters. The number of anilines is 1. The predicted octanol–water partition coefficient (Wildman–Crippen LogP) is 0.962. The van der Waals surface area contributed by atoms with E-state index >= 15 is 0 Å². The van der Waals surface area contributed by atoms with Crippen molar-refractivity contribution in [3.05, 3.63) is 36.2 Å². The molecule has 0 bridgehead atoms. The molecule has 0 aliphatic heterocycles. The fourth-order valence-electron chi connectivity index (χ4n) is 1.85. The fourth-order valence-corrected chi connectivity index (χ4v) is 3.80. The molecule has 9 nitrogen and oxygen atoms in total. The molecule has 1 heterocycles. The monoisotopic (exact) mass is 389 g/mol. The van der Waals surface area contributed by atoms with Gasteiger partial charge in [-0.15, -0.1) is 0 Å². The third-order valence-corrected chi connectivity index (χ3v) is 5.98. The molecule has 138 valence electrons. The van der Waals surface area contributed by atoms with Crippen molar-refractivity contribution < 1.29 is 26.0 Å². The number of aromatic nitrogens is 1. The molecule has 0 aliphatic carbocycles. The zero-order valence-corrected chi connectivity index (χ0v) is 15.4. The highest BCUT2D eigenvalue weighted by Crippen LogP contribution is 2.18. The average molecular weight is 389 g/mol. The number of ether oxygens (including phenoxy) is 1.